The van der Waals surface area contributed by atoms with E-state index in [9.17, 15) is 9.59 Å². The molecule has 4 atom stereocenters. The van der Waals surface area contributed by atoms with Crippen LogP contribution in [-0.4, -0.2) is 80.0 Å². The maximum absolute atomic E-state index is 10.5. The van der Waals surface area contributed by atoms with Crippen LogP contribution >= 0.6 is 0 Å². The number of aliphatic carboxylic acids is 1. The van der Waals surface area contributed by atoms with Crippen molar-refractivity contribution in [1.29, 1.82) is 0 Å². The molecule has 0 aliphatic rings. The zero-order chi connectivity index (χ0) is 16.5. The summed E-state index contributed by atoms with van der Waals surface area (Å²) < 4.78 is 0. The Hall–Kier alpha value is -1.10. The quantitative estimate of drug-likeness (QED) is 0.253. The van der Waals surface area contributed by atoms with Gasteiger partial charge in [-0.25, -0.2) is 0 Å². The van der Waals surface area contributed by atoms with Gasteiger partial charge in [0.2, 0.25) is 0 Å². The molecule has 9 heteroatoms. The number of aliphatic hydroxyl groups excluding tert-OH is 5. The van der Waals surface area contributed by atoms with Gasteiger partial charge in [-0.15, -0.1) is 0 Å². The molecule has 4 unspecified atom stereocenters. The summed E-state index contributed by atoms with van der Waals surface area (Å²) in [6.07, 6.45) is -5.22. The van der Waals surface area contributed by atoms with Crippen molar-refractivity contribution in [3.63, 3.8) is 0 Å². The third-order valence-electron chi connectivity index (χ3n) is 2.39. The summed E-state index contributed by atoms with van der Waals surface area (Å²) in [5.41, 5.74) is 5.16. The Morgan fingerprint density at radius 3 is 1.75 bits per heavy atom. The van der Waals surface area contributed by atoms with E-state index in [1.807, 2.05) is 0 Å². The Bertz CT molecular complexity index is 296. The van der Waals surface area contributed by atoms with Gasteiger partial charge < -0.3 is 36.4 Å². The van der Waals surface area contributed by atoms with Crippen molar-refractivity contribution in [3.8, 4) is 0 Å². The molecule has 0 aromatic carbocycles. The van der Waals surface area contributed by atoms with E-state index in [1.165, 1.54) is 0 Å². The molecule has 0 saturated carbocycles. The van der Waals surface area contributed by atoms with Crippen molar-refractivity contribution in [2.45, 2.75) is 38.2 Å². The van der Waals surface area contributed by atoms with E-state index in [0.29, 0.717) is 0 Å². The first-order valence-corrected chi connectivity index (χ1v) is 5.87. The number of hydrogen-bond acceptors (Lipinski definition) is 8. The smallest absolute Gasteiger partial charge is 0.320 e. The summed E-state index contributed by atoms with van der Waals surface area (Å²) in [6, 6.07) is -0.713. The van der Waals surface area contributed by atoms with Gasteiger partial charge in [0.15, 0.2) is 5.78 Å². The lowest BCUT2D eigenvalue weighted by molar-refractivity contribution is -0.142. The standard InChI is InChI=1S/C6H12O6.C5H11NO2/c7-1-3(9)5(11)6(12)4(10)2-8;1-3(2)4(6)5(7)8/h3,5-9,11-12H,1-2H2;3-4H,6H2,1-2H3,(H,7,8). The van der Waals surface area contributed by atoms with E-state index in [1.54, 1.807) is 13.8 Å². The molecule has 0 aromatic heterocycles. The largest absolute Gasteiger partial charge is 0.480 e. The fourth-order valence-electron chi connectivity index (χ4n) is 0.888. The lowest BCUT2D eigenvalue weighted by atomic mass is 10.1. The zero-order valence-corrected chi connectivity index (χ0v) is 11.4. The normalized spacial score (nSPS) is 16.6. The first-order chi connectivity index (χ1) is 9.09. The zero-order valence-electron chi connectivity index (χ0n) is 11.4. The number of nitrogens with two attached hydrogens (primary N) is 1. The van der Waals surface area contributed by atoms with Crippen LogP contribution in [0.1, 0.15) is 13.8 Å². The number of Topliss-reactive ketones (excluding diaryl/α,β-unsaturated/α-hetero) is 1. The van der Waals surface area contributed by atoms with Crippen LogP contribution < -0.4 is 5.73 Å². The molecule has 8 N–H and O–H groups in total. The van der Waals surface area contributed by atoms with Gasteiger partial charge >= 0.3 is 5.97 Å². The van der Waals surface area contributed by atoms with Gasteiger partial charge in [0.1, 0.15) is 31.0 Å². The number of carboxylic acid groups (broad SMARTS) is 1. The van der Waals surface area contributed by atoms with E-state index >= 15 is 0 Å². The van der Waals surface area contributed by atoms with Gasteiger partial charge in [-0.1, -0.05) is 13.8 Å². The molecule has 0 heterocycles. The predicted octanol–water partition coefficient (Wildman–Crippen LogP) is -3.32. The minimum atomic E-state index is -1.86. The van der Waals surface area contributed by atoms with Gasteiger partial charge in [0.05, 0.1) is 6.61 Å². The maximum Gasteiger partial charge on any atom is 0.320 e. The third kappa shape index (κ3) is 8.15. The maximum atomic E-state index is 10.5. The third-order valence-corrected chi connectivity index (χ3v) is 2.39. The highest BCUT2D eigenvalue weighted by molar-refractivity contribution is 5.84. The molecule has 120 valence electrons. The Kier molecular flexibility index (Phi) is 11.3. The summed E-state index contributed by atoms with van der Waals surface area (Å²) in [4.78, 5) is 20.5. The summed E-state index contributed by atoms with van der Waals surface area (Å²) in [6.45, 7) is 1.87. The van der Waals surface area contributed by atoms with Crippen LogP contribution in [0.5, 0.6) is 0 Å². The molecular formula is C11H23NO8. The van der Waals surface area contributed by atoms with Crippen LogP contribution in [0.4, 0.5) is 0 Å². The second kappa shape index (κ2) is 10.7. The van der Waals surface area contributed by atoms with Gasteiger partial charge in [0.25, 0.3) is 0 Å². The minimum Gasteiger partial charge on any atom is -0.480 e. The monoisotopic (exact) mass is 297 g/mol. The van der Waals surface area contributed by atoms with Crippen LogP contribution in [0.15, 0.2) is 0 Å². The fraction of sp³-hybridized carbons (Fsp3) is 0.818. The molecule has 0 saturated heterocycles. The molecular weight excluding hydrogens is 274 g/mol. The first kappa shape index (κ1) is 21.2. The van der Waals surface area contributed by atoms with E-state index in [2.05, 4.69) is 0 Å². The molecule has 0 fully saturated rings. The van der Waals surface area contributed by atoms with E-state index in [-0.39, 0.29) is 5.92 Å². The van der Waals surface area contributed by atoms with Crippen molar-refractivity contribution in [3.05, 3.63) is 0 Å². The molecule has 0 spiro atoms. The Morgan fingerprint density at radius 2 is 1.55 bits per heavy atom. The van der Waals surface area contributed by atoms with Gasteiger partial charge in [-0.3, -0.25) is 9.59 Å². The fourth-order valence-corrected chi connectivity index (χ4v) is 0.888. The number of aliphatic hydroxyl groups is 5. The van der Waals surface area contributed by atoms with Crippen LogP contribution in [0.3, 0.4) is 0 Å². The lowest BCUT2D eigenvalue weighted by Crippen LogP contribution is -2.44. The minimum absolute atomic E-state index is 0.0208. The highest BCUT2D eigenvalue weighted by atomic mass is 16.4. The Balaban J connectivity index is 0. The van der Waals surface area contributed by atoms with E-state index < -0.39 is 49.3 Å². The predicted molar refractivity (Wildman–Crippen MR) is 67.6 cm³/mol. The Morgan fingerprint density at radius 1 is 1.10 bits per heavy atom. The van der Waals surface area contributed by atoms with E-state index in [4.69, 9.17) is 36.4 Å². The number of carboxylic acids is 1. The number of carbonyl (C=O) groups excluding carboxylic acids is 1. The number of carbonyl (C=O) groups is 2. The van der Waals surface area contributed by atoms with Crippen LogP contribution in [-0.2, 0) is 9.59 Å². The van der Waals surface area contributed by atoms with Crippen molar-refractivity contribution >= 4 is 11.8 Å². The molecule has 0 amide bonds. The number of rotatable bonds is 7. The summed E-state index contributed by atoms with van der Waals surface area (Å²) in [5, 5.41) is 51.3. The highest BCUT2D eigenvalue weighted by Gasteiger charge is 2.28. The lowest BCUT2D eigenvalue weighted by Gasteiger charge is -2.19. The van der Waals surface area contributed by atoms with Crippen LogP contribution in [0.2, 0.25) is 0 Å². The van der Waals surface area contributed by atoms with Gasteiger partial charge in [-0.2, -0.15) is 0 Å². The number of ketones is 1. The molecule has 0 radical (unpaired) electrons. The average molecular weight is 297 g/mol. The Labute approximate surface area is 116 Å². The molecule has 0 rings (SSSR count). The highest BCUT2D eigenvalue weighted by Crippen LogP contribution is 2.00. The molecule has 0 bridgehead atoms. The molecule has 0 aliphatic heterocycles. The van der Waals surface area contributed by atoms with Gasteiger partial charge in [-0.05, 0) is 5.92 Å². The van der Waals surface area contributed by atoms with Crippen molar-refractivity contribution in [1.82, 2.24) is 0 Å². The second-order valence-corrected chi connectivity index (χ2v) is 4.42. The molecule has 9 nitrogen and oxygen atoms in total. The molecule has 0 aromatic rings. The topological polar surface area (TPSA) is 182 Å². The van der Waals surface area contributed by atoms with Gasteiger partial charge in [0, 0.05) is 0 Å². The molecule has 0 aliphatic carbocycles. The first-order valence-electron chi connectivity index (χ1n) is 5.87. The van der Waals surface area contributed by atoms with E-state index in [0.717, 1.165) is 0 Å². The van der Waals surface area contributed by atoms with Crippen molar-refractivity contribution in [2.24, 2.45) is 11.7 Å². The van der Waals surface area contributed by atoms with Crippen LogP contribution in [0.25, 0.3) is 0 Å². The van der Waals surface area contributed by atoms with Crippen molar-refractivity contribution in [2.75, 3.05) is 13.2 Å². The SMILES string of the molecule is CC(C)C(N)C(=O)O.O=C(CO)C(O)C(O)C(O)CO. The summed E-state index contributed by atoms with van der Waals surface area (Å²) >= 11 is 0. The van der Waals surface area contributed by atoms with Crippen molar-refractivity contribution < 1.29 is 40.2 Å². The van der Waals surface area contributed by atoms with Crippen LogP contribution in [0, 0.1) is 5.92 Å². The average Bonchev–Trinajstić information content (AvgIpc) is 2.43. The second-order valence-electron chi connectivity index (χ2n) is 4.42. The molecule has 20 heavy (non-hydrogen) atoms. The summed E-state index contributed by atoms with van der Waals surface area (Å²) in [5.74, 6) is -1.91. The summed E-state index contributed by atoms with van der Waals surface area (Å²) in [7, 11) is 0. The number of hydrogen-bond donors (Lipinski definition) is 7.